The van der Waals surface area contributed by atoms with Crippen molar-refractivity contribution < 1.29 is 4.79 Å². The third kappa shape index (κ3) is 3.06. The summed E-state index contributed by atoms with van der Waals surface area (Å²) >= 11 is 0. The van der Waals surface area contributed by atoms with Crippen LogP contribution >= 0.6 is 0 Å². The molecule has 110 valence electrons. The fourth-order valence-corrected chi connectivity index (χ4v) is 3.31. The Hall–Kier alpha value is -1.93. The molecule has 1 saturated carbocycles. The second-order valence-corrected chi connectivity index (χ2v) is 5.81. The van der Waals surface area contributed by atoms with Gasteiger partial charge in [-0.2, -0.15) is 5.26 Å². The average Bonchev–Trinajstić information content (AvgIpc) is 3.09. The number of hydrogen-bond acceptors (Lipinski definition) is 4. The van der Waals surface area contributed by atoms with Gasteiger partial charge in [0, 0.05) is 38.4 Å². The van der Waals surface area contributed by atoms with Crippen molar-refractivity contribution in [3.05, 3.63) is 29.6 Å². The number of rotatable bonds is 2. The Bertz CT molecular complexity index is 534. The SMILES string of the molecule is N#Cc1ccc(C(=O)N2CCN(C3CCCC3)CC2)nc1. The molecule has 2 heterocycles. The molecule has 2 fully saturated rings. The molecule has 0 N–H and O–H groups in total. The molecule has 5 nitrogen and oxygen atoms in total. The van der Waals surface area contributed by atoms with E-state index in [1.807, 2.05) is 11.0 Å². The molecule has 1 saturated heterocycles. The van der Waals surface area contributed by atoms with Crippen LogP contribution in [0.3, 0.4) is 0 Å². The molecule has 1 amide bonds. The number of carbonyl (C=O) groups is 1. The molecular formula is C16H20N4O. The molecule has 3 rings (SSSR count). The zero-order valence-electron chi connectivity index (χ0n) is 12.2. The quantitative estimate of drug-likeness (QED) is 0.828. The zero-order valence-corrected chi connectivity index (χ0v) is 12.2. The molecule has 1 aliphatic heterocycles. The molecule has 1 aliphatic carbocycles. The Morgan fingerprint density at radius 2 is 1.90 bits per heavy atom. The number of pyridine rings is 1. The van der Waals surface area contributed by atoms with Gasteiger partial charge in [-0.15, -0.1) is 0 Å². The molecule has 0 aromatic carbocycles. The van der Waals surface area contributed by atoms with Gasteiger partial charge in [0.1, 0.15) is 11.8 Å². The lowest BCUT2D eigenvalue weighted by molar-refractivity contribution is 0.0568. The van der Waals surface area contributed by atoms with Crippen molar-refractivity contribution in [3.63, 3.8) is 0 Å². The second kappa shape index (κ2) is 6.23. The van der Waals surface area contributed by atoms with E-state index >= 15 is 0 Å². The summed E-state index contributed by atoms with van der Waals surface area (Å²) in [5.41, 5.74) is 0.918. The van der Waals surface area contributed by atoms with Gasteiger partial charge in [-0.05, 0) is 25.0 Å². The Morgan fingerprint density at radius 3 is 2.48 bits per heavy atom. The van der Waals surface area contributed by atoms with Crippen LogP contribution in [0.2, 0.25) is 0 Å². The highest BCUT2D eigenvalue weighted by Gasteiger charge is 2.28. The smallest absolute Gasteiger partial charge is 0.272 e. The fraction of sp³-hybridized carbons (Fsp3) is 0.562. The van der Waals surface area contributed by atoms with Crippen LogP contribution in [0.5, 0.6) is 0 Å². The van der Waals surface area contributed by atoms with Gasteiger partial charge in [-0.1, -0.05) is 12.8 Å². The summed E-state index contributed by atoms with van der Waals surface area (Å²) in [5, 5.41) is 8.76. The van der Waals surface area contributed by atoms with Gasteiger partial charge < -0.3 is 4.90 Å². The maximum absolute atomic E-state index is 12.4. The zero-order chi connectivity index (χ0) is 14.7. The van der Waals surface area contributed by atoms with Crippen LogP contribution in [-0.4, -0.2) is 52.9 Å². The first-order valence-corrected chi connectivity index (χ1v) is 7.67. The lowest BCUT2D eigenvalue weighted by atomic mass is 10.1. The van der Waals surface area contributed by atoms with E-state index in [0.717, 1.165) is 32.2 Å². The van der Waals surface area contributed by atoms with Crippen molar-refractivity contribution in [1.29, 1.82) is 5.26 Å². The number of carbonyl (C=O) groups excluding carboxylic acids is 1. The fourth-order valence-electron chi connectivity index (χ4n) is 3.31. The van der Waals surface area contributed by atoms with Crippen LogP contribution in [0.25, 0.3) is 0 Å². The highest BCUT2D eigenvalue weighted by molar-refractivity contribution is 5.92. The van der Waals surface area contributed by atoms with E-state index in [2.05, 4.69) is 9.88 Å². The summed E-state index contributed by atoms with van der Waals surface area (Å²) in [7, 11) is 0. The van der Waals surface area contributed by atoms with Crippen molar-refractivity contribution in [2.75, 3.05) is 26.2 Å². The summed E-state index contributed by atoms with van der Waals surface area (Å²) in [5.74, 6) is -0.0226. The van der Waals surface area contributed by atoms with E-state index in [0.29, 0.717) is 11.3 Å². The molecular weight excluding hydrogens is 264 g/mol. The number of piperazine rings is 1. The first kappa shape index (κ1) is 14.0. The van der Waals surface area contributed by atoms with Gasteiger partial charge in [0.25, 0.3) is 5.91 Å². The van der Waals surface area contributed by atoms with Gasteiger partial charge >= 0.3 is 0 Å². The first-order chi connectivity index (χ1) is 10.3. The molecule has 2 aliphatic rings. The summed E-state index contributed by atoms with van der Waals surface area (Å²) < 4.78 is 0. The third-order valence-corrected chi connectivity index (χ3v) is 4.55. The minimum atomic E-state index is -0.0226. The first-order valence-electron chi connectivity index (χ1n) is 7.67. The largest absolute Gasteiger partial charge is 0.335 e. The monoisotopic (exact) mass is 284 g/mol. The van der Waals surface area contributed by atoms with Gasteiger partial charge in [0.05, 0.1) is 5.56 Å². The number of amides is 1. The molecule has 0 spiro atoms. The number of nitriles is 1. The van der Waals surface area contributed by atoms with E-state index in [9.17, 15) is 4.79 Å². The van der Waals surface area contributed by atoms with Gasteiger partial charge in [0.2, 0.25) is 0 Å². The van der Waals surface area contributed by atoms with Crippen LogP contribution in [0, 0.1) is 11.3 Å². The summed E-state index contributed by atoms with van der Waals surface area (Å²) in [6.45, 7) is 3.48. The standard InChI is InChI=1S/C16H20N4O/c17-11-13-5-6-15(18-12-13)16(21)20-9-7-19(8-10-20)14-3-1-2-4-14/h5-6,12,14H,1-4,7-10H2. The van der Waals surface area contributed by atoms with E-state index in [-0.39, 0.29) is 5.91 Å². The van der Waals surface area contributed by atoms with Crippen molar-refractivity contribution in [2.45, 2.75) is 31.7 Å². The maximum atomic E-state index is 12.4. The van der Waals surface area contributed by atoms with E-state index in [1.54, 1.807) is 12.1 Å². The Kier molecular flexibility index (Phi) is 4.16. The summed E-state index contributed by atoms with van der Waals surface area (Å²) in [6.07, 6.45) is 6.77. The normalized spacial score (nSPS) is 20.4. The highest BCUT2D eigenvalue weighted by Crippen LogP contribution is 2.24. The lowest BCUT2D eigenvalue weighted by Crippen LogP contribution is -2.51. The van der Waals surface area contributed by atoms with Crippen LogP contribution in [0.1, 0.15) is 41.7 Å². The minimum Gasteiger partial charge on any atom is -0.335 e. The van der Waals surface area contributed by atoms with Crippen LogP contribution in [0.15, 0.2) is 18.3 Å². The lowest BCUT2D eigenvalue weighted by Gasteiger charge is -2.37. The third-order valence-electron chi connectivity index (χ3n) is 4.55. The van der Waals surface area contributed by atoms with Gasteiger partial charge in [0.15, 0.2) is 0 Å². The topological polar surface area (TPSA) is 60.2 Å². The van der Waals surface area contributed by atoms with Gasteiger partial charge in [-0.25, -0.2) is 4.98 Å². The molecule has 0 bridgehead atoms. The van der Waals surface area contributed by atoms with Crippen LogP contribution < -0.4 is 0 Å². The minimum absolute atomic E-state index is 0.0226. The Morgan fingerprint density at radius 1 is 1.19 bits per heavy atom. The number of hydrogen-bond donors (Lipinski definition) is 0. The van der Waals surface area contributed by atoms with Crippen molar-refractivity contribution in [3.8, 4) is 6.07 Å². The van der Waals surface area contributed by atoms with Crippen LogP contribution in [0.4, 0.5) is 0 Å². The predicted octanol–water partition coefficient (Wildman–Crippen LogP) is 1.65. The maximum Gasteiger partial charge on any atom is 0.272 e. The van der Waals surface area contributed by atoms with Gasteiger partial charge in [-0.3, -0.25) is 9.69 Å². The Labute approximate surface area is 125 Å². The molecule has 1 aromatic heterocycles. The average molecular weight is 284 g/mol. The number of nitrogens with zero attached hydrogens (tertiary/aromatic N) is 4. The summed E-state index contributed by atoms with van der Waals surface area (Å²) in [4.78, 5) is 20.9. The Balaban J connectivity index is 1.58. The molecule has 21 heavy (non-hydrogen) atoms. The van der Waals surface area contributed by atoms with Crippen molar-refractivity contribution in [1.82, 2.24) is 14.8 Å². The van der Waals surface area contributed by atoms with Crippen LogP contribution in [-0.2, 0) is 0 Å². The van der Waals surface area contributed by atoms with Crippen molar-refractivity contribution in [2.24, 2.45) is 0 Å². The van der Waals surface area contributed by atoms with E-state index < -0.39 is 0 Å². The molecule has 0 atom stereocenters. The highest BCUT2D eigenvalue weighted by atomic mass is 16.2. The molecule has 0 radical (unpaired) electrons. The van der Waals surface area contributed by atoms with E-state index in [1.165, 1.54) is 31.9 Å². The molecule has 5 heteroatoms. The number of aromatic nitrogens is 1. The second-order valence-electron chi connectivity index (χ2n) is 5.81. The molecule has 0 unspecified atom stereocenters. The molecule has 1 aromatic rings. The van der Waals surface area contributed by atoms with Crippen molar-refractivity contribution >= 4 is 5.91 Å². The predicted molar refractivity (Wildman–Crippen MR) is 78.7 cm³/mol. The summed E-state index contributed by atoms with van der Waals surface area (Å²) in [6, 6.07) is 6.04. The van der Waals surface area contributed by atoms with E-state index in [4.69, 9.17) is 5.26 Å².